The maximum atomic E-state index is 12.5. The Balaban J connectivity index is 2.51. The summed E-state index contributed by atoms with van der Waals surface area (Å²) >= 11 is 0. The lowest BCUT2D eigenvalue weighted by atomic mass is 9.88. The van der Waals surface area contributed by atoms with E-state index in [9.17, 15) is 14.4 Å². The van der Waals surface area contributed by atoms with Crippen molar-refractivity contribution in [3.8, 4) is 0 Å². The quantitative estimate of drug-likeness (QED) is 0.441. The number of hydrogen-bond donors (Lipinski definition) is 0. The van der Waals surface area contributed by atoms with Gasteiger partial charge in [-0.2, -0.15) is 0 Å². The van der Waals surface area contributed by atoms with Crippen molar-refractivity contribution in [2.75, 3.05) is 13.2 Å². The van der Waals surface area contributed by atoms with E-state index in [1.807, 2.05) is 39.8 Å². The largest absolute Gasteiger partial charge is 0.462 e. The summed E-state index contributed by atoms with van der Waals surface area (Å²) < 4.78 is 10.9. The van der Waals surface area contributed by atoms with Crippen LogP contribution in [0, 0.1) is 5.92 Å². The molecule has 0 amide bonds. The minimum atomic E-state index is -0.806. The molecule has 0 radical (unpaired) electrons. The Hall–Kier alpha value is -1.75. The molecule has 0 spiro atoms. The number of ketones is 2. The van der Waals surface area contributed by atoms with Crippen LogP contribution in [0.25, 0.3) is 0 Å². The van der Waals surface area contributed by atoms with Crippen LogP contribution in [0.3, 0.4) is 0 Å². The van der Waals surface area contributed by atoms with Crippen LogP contribution >= 0.6 is 0 Å². The van der Waals surface area contributed by atoms with E-state index in [4.69, 9.17) is 9.47 Å². The number of Topliss-reactive ketones (excluding diaryl/α,β-unsaturated/α-hetero) is 2. The Morgan fingerprint density at radius 1 is 1.26 bits per heavy atom. The average Bonchev–Trinajstić information content (AvgIpc) is 2.73. The molecule has 1 heterocycles. The minimum absolute atomic E-state index is 0.00994. The van der Waals surface area contributed by atoms with E-state index in [2.05, 4.69) is 0 Å². The van der Waals surface area contributed by atoms with Crippen LogP contribution in [0.5, 0.6) is 0 Å². The van der Waals surface area contributed by atoms with Gasteiger partial charge in [0.25, 0.3) is 0 Å². The van der Waals surface area contributed by atoms with E-state index in [0.29, 0.717) is 32.3 Å². The van der Waals surface area contributed by atoms with Gasteiger partial charge in [0.05, 0.1) is 6.61 Å². The molecule has 0 aromatic rings. The number of esters is 1. The van der Waals surface area contributed by atoms with Crippen molar-refractivity contribution in [3.63, 3.8) is 0 Å². The molecule has 0 aromatic carbocycles. The van der Waals surface area contributed by atoms with Gasteiger partial charge in [0.1, 0.15) is 18.0 Å². The summed E-state index contributed by atoms with van der Waals surface area (Å²) in [6.45, 7) is 9.73. The van der Waals surface area contributed by atoms with Crippen molar-refractivity contribution in [1.82, 2.24) is 0 Å². The zero-order valence-corrected chi connectivity index (χ0v) is 17.4. The van der Waals surface area contributed by atoms with Gasteiger partial charge in [-0.1, -0.05) is 18.6 Å². The predicted octanol–water partition coefficient (Wildman–Crippen LogP) is 4.35. The topological polar surface area (TPSA) is 69.7 Å². The molecule has 5 nitrogen and oxygen atoms in total. The Bertz CT molecular complexity index is 598. The lowest BCUT2D eigenvalue weighted by Crippen LogP contribution is -2.37. The van der Waals surface area contributed by atoms with Crippen LogP contribution in [0.1, 0.15) is 73.1 Å². The smallest absolute Gasteiger partial charge is 0.302 e. The van der Waals surface area contributed by atoms with E-state index in [1.165, 1.54) is 6.92 Å². The van der Waals surface area contributed by atoms with Crippen molar-refractivity contribution in [3.05, 3.63) is 23.3 Å². The van der Waals surface area contributed by atoms with Crippen molar-refractivity contribution in [2.24, 2.45) is 5.92 Å². The van der Waals surface area contributed by atoms with Gasteiger partial charge in [-0.05, 0) is 58.1 Å². The van der Waals surface area contributed by atoms with Gasteiger partial charge in [-0.25, -0.2) is 0 Å². The van der Waals surface area contributed by atoms with E-state index >= 15 is 0 Å². The fraction of sp³-hybridized carbons (Fsp3) is 0.682. The molecule has 1 unspecified atom stereocenters. The third kappa shape index (κ3) is 8.65. The summed E-state index contributed by atoms with van der Waals surface area (Å²) in [5, 5.41) is 0. The van der Waals surface area contributed by atoms with Gasteiger partial charge >= 0.3 is 5.97 Å². The maximum absolute atomic E-state index is 12.5. The van der Waals surface area contributed by atoms with Crippen LogP contribution < -0.4 is 0 Å². The third-order valence-corrected chi connectivity index (χ3v) is 5.05. The highest BCUT2D eigenvalue weighted by atomic mass is 16.5. The van der Waals surface area contributed by atoms with Crippen LogP contribution in [-0.2, 0) is 23.9 Å². The Labute approximate surface area is 163 Å². The van der Waals surface area contributed by atoms with Crippen molar-refractivity contribution in [1.29, 1.82) is 0 Å². The van der Waals surface area contributed by atoms with Gasteiger partial charge in [-0.15, -0.1) is 0 Å². The summed E-state index contributed by atoms with van der Waals surface area (Å²) in [5.41, 5.74) is 1.33. The second-order valence-corrected chi connectivity index (χ2v) is 7.85. The summed E-state index contributed by atoms with van der Waals surface area (Å²) in [4.78, 5) is 35.5. The average molecular weight is 379 g/mol. The highest BCUT2D eigenvalue weighted by Gasteiger charge is 2.35. The number of carbonyl (C=O) groups is 3. The normalized spacial score (nSPS) is 22.9. The second-order valence-electron chi connectivity index (χ2n) is 7.85. The first-order valence-corrected chi connectivity index (χ1v) is 9.78. The fourth-order valence-electron chi connectivity index (χ4n) is 3.01. The second kappa shape index (κ2) is 11.2. The zero-order valence-electron chi connectivity index (χ0n) is 17.4. The molecule has 1 aliphatic rings. The molecule has 0 bridgehead atoms. The van der Waals surface area contributed by atoms with E-state index < -0.39 is 5.60 Å². The van der Waals surface area contributed by atoms with Gasteiger partial charge in [0, 0.05) is 25.7 Å². The molecule has 27 heavy (non-hydrogen) atoms. The number of rotatable bonds is 9. The molecule has 0 aliphatic carbocycles. The lowest BCUT2D eigenvalue weighted by Gasteiger charge is -2.27. The zero-order chi connectivity index (χ0) is 20.4. The maximum Gasteiger partial charge on any atom is 0.302 e. The summed E-state index contributed by atoms with van der Waals surface area (Å²) in [7, 11) is 0. The minimum Gasteiger partial charge on any atom is -0.462 e. The first-order chi connectivity index (χ1) is 12.6. The van der Waals surface area contributed by atoms with Gasteiger partial charge < -0.3 is 9.47 Å². The number of allylic oxidation sites excluding steroid dienone is 2. The van der Waals surface area contributed by atoms with E-state index in [-0.39, 0.29) is 30.1 Å². The third-order valence-electron chi connectivity index (χ3n) is 5.05. The summed E-state index contributed by atoms with van der Waals surface area (Å²) in [6.07, 6.45) is 7.47. The molecule has 1 fully saturated rings. The number of carbonyl (C=O) groups excluding carboxylic acids is 3. The fourth-order valence-corrected chi connectivity index (χ4v) is 3.01. The molecule has 2 atom stereocenters. The van der Waals surface area contributed by atoms with Crippen LogP contribution in [0.15, 0.2) is 23.3 Å². The Morgan fingerprint density at radius 3 is 2.59 bits per heavy atom. The molecule has 152 valence electrons. The Kier molecular flexibility index (Phi) is 9.64. The van der Waals surface area contributed by atoms with Gasteiger partial charge in [0.2, 0.25) is 0 Å². The van der Waals surface area contributed by atoms with Crippen LogP contribution in [0.4, 0.5) is 0 Å². The highest BCUT2D eigenvalue weighted by molar-refractivity contribution is 5.87. The first-order valence-electron chi connectivity index (χ1n) is 9.78. The molecule has 5 heteroatoms. The SMILES string of the molecule is CC(=O)OCC=C1CCC(=O)[C@](C)(CCCC(C)C(=O)CC=C(C)C)OC1. The molecule has 0 N–H and O–H groups in total. The van der Waals surface area contributed by atoms with Crippen molar-refractivity contribution in [2.45, 2.75) is 78.7 Å². The molecule has 1 rings (SSSR count). The first kappa shape index (κ1) is 23.3. The van der Waals surface area contributed by atoms with Gasteiger partial charge in [-0.3, -0.25) is 14.4 Å². The van der Waals surface area contributed by atoms with Crippen LogP contribution in [0.2, 0.25) is 0 Å². The number of hydrogen-bond acceptors (Lipinski definition) is 5. The van der Waals surface area contributed by atoms with Crippen molar-refractivity contribution >= 4 is 17.5 Å². The van der Waals surface area contributed by atoms with E-state index in [1.54, 1.807) is 0 Å². The Morgan fingerprint density at radius 2 is 1.96 bits per heavy atom. The molecular weight excluding hydrogens is 344 g/mol. The molecule has 1 saturated heterocycles. The van der Waals surface area contributed by atoms with E-state index in [0.717, 1.165) is 24.0 Å². The van der Waals surface area contributed by atoms with Crippen molar-refractivity contribution < 1.29 is 23.9 Å². The predicted molar refractivity (Wildman–Crippen MR) is 105 cm³/mol. The number of ether oxygens (including phenoxy) is 2. The molecule has 0 aromatic heterocycles. The molecule has 1 aliphatic heterocycles. The standard InChI is InChI=1S/C22H34O5/c1-16(2)8-10-20(24)17(3)7-6-13-22(5)21(25)11-9-19(15-27-22)12-14-26-18(4)23/h8,12,17H,6-7,9-11,13-15H2,1-5H3/t17?,22-/m0/s1. The van der Waals surface area contributed by atoms with Gasteiger partial charge in [0.15, 0.2) is 5.78 Å². The highest BCUT2D eigenvalue weighted by Crippen LogP contribution is 2.29. The molecule has 0 saturated carbocycles. The summed E-state index contributed by atoms with van der Waals surface area (Å²) in [5.74, 6) is 0.00638. The lowest BCUT2D eigenvalue weighted by molar-refractivity contribution is -0.140. The summed E-state index contributed by atoms with van der Waals surface area (Å²) in [6, 6.07) is 0. The monoisotopic (exact) mass is 378 g/mol. The molecular formula is C22H34O5. The van der Waals surface area contributed by atoms with Crippen LogP contribution in [-0.4, -0.2) is 36.4 Å².